The highest BCUT2D eigenvalue weighted by Crippen LogP contribution is 2.23. The summed E-state index contributed by atoms with van der Waals surface area (Å²) < 4.78 is 5.39. The van der Waals surface area contributed by atoms with Gasteiger partial charge >= 0.3 is 0 Å². The van der Waals surface area contributed by atoms with Gasteiger partial charge in [0.05, 0.1) is 13.2 Å². The van der Waals surface area contributed by atoms with Crippen LogP contribution < -0.4 is 5.73 Å². The van der Waals surface area contributed by atoms with E-state index in [0.29, 0.717) is 12.3 Å². The summed E-state index contributed by atoms with van der Waals surface area (Å²) in [5, 5.41) is 9.53. The van der Waals surface area contributed by atoms with Crippen molar-refractivity contribution >= 4 is 0 Å². The van der Waals surface area contributed by atoms with Gasteiger partial charge in [-0.2, -0.15) is 0 Å². The lowest BCUT2D eigenvalue weighted by Crippen LogP contribution is -2.56. The predicted octanol–water partition coefficient (Wildman–Crippen LogP) is 0.984. The van der Waals surface area contributed by atoms with Gasteiger partial charge in [-0.05, 0) is 31.0 Å². The van der Waals surface area contributed by atoms with Crippen LogP contribution in [0.25, 0.3) is 0 Å². The van der Waals surface area contributed by atoms with Crippen LogP contribution in [0.15, 0.2) is 24.3 Å². The molecule has 1 aliphatic heterocycles. The fourth-order valence-corrected chi connectivity index (χ4v) is 2.52. The summed E-state index contributed by atoms with van der Waals surface area (Å²) in [6.45, 7) is 6.18. The van der Waals surface area contributed by atoms with Crippen molar-refractivity contribution in [3.8, 4) is 5.75 Å². The van der Waals surface area contributed by atoms with E-state index in [1.807, 2.05) is 18.2 Å². The van der Waals surface area contributed by atoms with Gasteiger partial charge in [-0.25, -0.2) is 0 Å². The third-order valence-corrected chi connectivity index (χ3v) is 3.71. The fourth-order valence-electron chi connectivity index (χ4n) is 2.52. The van der Waals surface area contributed by atoms with Crippen molar-refractivity contribution in [2.75, 3.05) is 32.8 Å². The minimum atomic E-state index is -0.0719. The monoisotopic (exact) mass is 250 g/mol. The van der Waals surface area contributed by atoms with Crippen molar-refractivity contribution in [2.24, 2.45) is 5.73 Å². The Morgan fingerprint density at radius 3 is 2.72 bits per heavy atom. The molecule has 1 atom stereocenters. The van der Waals surface area contributed by atoms with Crippen LogP contribution in [-0.4, -0.2) is 48.4 Å². The molecule has 2 rings (SSSR count). The molecule has 1 heterocycles. The molecule has 4 heteroatoms. The first-order valence-corrected chi connectivity index (χ1v) is 6.45. The Hall–Kier alpha value is -1.10. The van der Waals surface area contributed by atoms with Gasteiger partial charge in [0.25, 0.3) is 0 Å². The second-order valence-corrected chi connectivity index (χ2v) is 5.15. The third-order valence-electron chi connectivity index (χ3n) is 3.71. The maximum absolute atomic E-state index is 9.53. The van der Waals surface area contributed by atoms with Crippen molar-refractivity contribution < 1.29 is 9.84 Å². The molecule has 0 spiro atoms. The standard InChI is InChI=1S/C14H22N2O2/c1-14(11-15,16-5-7-18-8-6-16)10-12-3-2-4-13(17)9-12/h2-4,9,17H,5-8,10-11,15H2,1H3. The number of phenolic OH excluding ortho intramolecular Hbond substituents is 1. The van der Waals surface area contributed by atoms with Crippen LogP contribution in [0.1, 0.15) is 12.5 Å². The molecule has 1 aromatic carbocycles. The topological polar surface area (TPSA) is 58.7 Å². The average molecular weight is 250 g/mol. The number of benzene rings is 1. The zero-order valence-electron chi connectivity index (χ0n) is 10.9. The molecule has 0 saturated carbocycles. The molecule has 4 nitrogen and oxygen atoms in total. The van der Waals surface area contributed by atoms with Gasteiger partial charge in [0.15, 0.2) is 0 Å². The highest BCUT2D eigenvalue weighted by atomic mass is 16.5. The lowest BCUT2D eigenvalue weighted by atomic mass is 9.90. The summed E-state index contributed by atoms with van der Waals surface area (Å²) in [7, 11) is 0. The zero-order valence-corrected chi connectivity index (χ0v) is 10.9. The first kappa shape index (κ1) is 13.3. The van der Waals surface area contributed by atoms with Crippen molar-refractivity contribution in [3.05, 3.63) is 29.8 Å². The molecule has 1 aliphatic rings. The van der Waals surface area contributed by atoms with E-state index in [2.05, 4.69) is 11.8 Å². The van der Waals surface area contributed by atoms with E-state index in [4.69, 9.17) is 10.5 Å². The van der Waals surface area contributed by atoms with Gasteiger partial charge in [0, 0.05) is 25.2 Å². The Bertz CT molecular complexity index is 391. The predicted molar refractivity (Wildman–Crippen MR) is 71.7 cm³/mol. The Morgan fingerprint density at radius 2 is 2.11 bits per heavy atom. The van der Waals surface area contributed by atoms with Crippen LogP contribution in [0, 0.1) is 0 Å². The van der Waals surface area contributed by atoms with E-state index in [1.165, 1.54) is 0 Å². The van der Waals surface area contributed by atoms with Gasteiger partial charge in [0.1, 0.15) is 5.75 Å². The Labute approximate surface area is 108 Å². The number of morpholine rings is 1. The third kappa shape index (κ3) is 3.02. The molecule has 1 fully saturated rings. The van der Waals surface area contributed by atoms with Crippen LogP contribution in [0.2, 0.25) is 0 Å². The van der Waals surface area contributed by atoms with E-state index >= 15 is 0 Å². The Morgan fingerprint density at radius 1 is 1.39 bits per heavy atom. The van der Waals surface area contributed by atoms with Crippen molar-refractivity contribution in [2.45, 2.75) is 18.9 Å². The van der Waals surface area contributed by atoms with Crippen LogP contribution in [-0.2, 0) is 11.2 Å². The smallest absolute Gasteiger partial charge is 0.115 e. The number of nitrogens with two attached hydrogens (primary N) is 1. The van der Waals surface area contributed by atoms with Crippen molar-refractivity contribution in [1.29, 1.82) is 0 Å². The summed E-state index contributed by atoms with van der Waals surface area (Å²) in [6.07, 6.45) is 0.845. The minimum absolute atomic E-state index is 0.0719. The van der Waals surface area contributed by atoms with E-state index < -0.39 is 0 Å². The Kier molecular flexibility index (Phi) is 4.22. The van der Waals surface area contributed by atoms with E-state index in [0.717, 1.165) is 38.3 Å². The molecule has 3 N–H and O–H groups in total. The number of hydrogen-bond acceptors (Lipinski definition) is 4. The van der Waals surface area contributed by atoms with Crippen LogP contribution >= 0.6 is 0 Å². The van der Waals surface area contributed by atoms with E-state index in [1.54, 1.807) is 6.07 Å². The lowest BCUT2D eigenvalue weighted by molar-refractivity contribution is -0.0132. The van der Waals surface area contributed by atoms with Gasteiger partial charge in [-0.1, -0.05) is 12.1 Å². The second kappa shape index (κ2) is 5.69. The highest BCUT2D eigenvalue weighted by molar-refractivity contribution is 5.28. The summed E-state index contributed by atoms with van der Waals surface area (Å²) in [6, 6.07) is 7.42. The second-order valence-electron chi connectivity index (χ2n) is 5.15. The molecule has 0 radical (unpaired) electrons. The SMILES string of the molecule is CC(CN)(Cc1cccc(O)c1)N1CCOCC1. The van der Waals surface area contributed by atoms with E-state index in [9.17, 15) is 5.11 Å². The molecule has 0 amide bonds. The summed E-state index contributed by atoms with van der Waals surface area (Å²) in [5.41, 5.74) is 7.03. The largest absolute Gasteiger partial charge is 0.508 e. The van der Waals surface area contributed by atoms with Crippen LogP contribution in [0.5, 0.6) is 5.75 Å². The van der Waals surface area contributed by atoms with Crippen molar-refractivity contribution in [1.82, 2.24) is 4.90 Å². The zero-order chi connectivity index (χ0) is 13.0. The lowest BCUT2D eigenvalue weighted by Gasteiger charge is -2.42. The van der Waals surface area contributed by atoms with Crippen molar-refractivity contribution in [3.63, 3.8) is 0 Å². The van der Waals surface area contributed by atoms with Gasteiger partial charge < -0.3 is 15.6 Å². The summed E-state index contributed by atoms with van der Waals surface area (Å²) >= 11 is 0. The molecule has 1 saturated heterocycles. The quantitative estimate of drug-likeness (QED) is 0.836. The molecular formula is C14H22N2O2. The molecule has 0 bridgehead atoms. The van der Waals surface area contributed by atoms with Gasteiger partial charge in [0.2, 0.25) is 0 Å². The number of ether oxygens (including phenoxy) is 1. The normalized spacial score (nSPS) is 20.6. The number of aromatic hydroxyl groups is 1. The number of rotatable bonds is 4. The van der Waals surface area contributed by atoms with Crippen LogP contribution in [0.3, 0.4) is 0 Å². The average Bonchev–Trinajstić information content (AvgIpc) is 2.39. The van der Waals surface area contributed by atoms with Crippen LogP contribution in [0.4, 0.5) is 0 Å². The first-order chi connectivity index (χ1) is 8.64. The molecular weight excluding hydrogens is 228 g/mol. The Balaban J connectivity index is 2.11. The maximum atomic E-state index is 9.53. The fraction of sp³-hybridized carbons (Fsp3) is 0.571. The minimum Gasteiger partial charge on any atom is -0.508 e. The molecule has 1 unspecified atom stereocenters. The molecule has 18 heavy (non-hydrogen) atoms. The molecule has 0 aliphatic carbocycles. The van der Waals surface area contributed by atoms with E-state index in [-0.39, 0.29) is 5.54 Å². The number of phenols is 1. The van der Waals surface area contributed by atoms with Gasteiger partial charge in [-0.3, -0.25) is 4.90 Å². The summed E-state index contributed by atoms with van der Waals surface area (Å²) in [4.78, 5) is 2.39. The number of hydrogen-bond donors (Lipinski definition) is 2. The van der Waals surface area contributed by atoms with Gasteiger partial charge in [-0.15, -0.1) is 0 Å². The molecule has 0 aromatic heterocycles. The summed E-state index contributed by atoms with van der Waals surface area (Å²) in [5.74, 6) is 0.314. The molecule has 100 valence electrons. The first-order valence-electron chi connectivity index (χ1n) is 6.45. The molecule has 1 aromatic rings. The number of nitrogens with zero attached hydrogens (tertiary/aromatic N) is 1. The maximum Gasteiger partial charge on any atom is 0.115 e. The highest BCUT2D eigenvalue weighted by Gasteiger charge is 2.31.